The summed E-state index contributed by atoms with van der Waals surface area (Å²) in [6.07, 6.45) is 1.24. The van der Waals surface area contributed by atoms with E-state index in [1.54, 1.807) is 0 Å². The molecule has 2 rings (SSSR count). The van der Waals surface area contributed by atoms with Gasteiger partial charge in [-0.3, -0.25) is 4.79 Å². The minimum Gasteiger partial charge on any atom is -0.399 e. The van der Waals surface area contributed by atoms with E-state index in [1.807, 2.05) is 52.8 Å². The highest BCUT2D eigenvalue weighted by Gasteiger charge is 2.52. The van der Waals surface area contributed by atoms with Gasteiger partial charge in [0.05, 0.1) is 11.2 Å². The van der Waals surface area contributed by atoms with Crippen molar-refractivity contribution in [1.29, 1.82) is 0 Å². The van der Waals surface area contributed by atoms with Crippen LogP contribution in [-0.2, 0) is 14.1 Å². The summed E-state index contributed by atoms with van der Waals surface area (Å²) in [5, 5.41) is 2.76. The van der Waals surface area contributed by atoms with E-state index < -0.39 is 7.12 Å². The van der Waals surface area contributed by atoms with Crippen LogP contribution < -0.4 is 10.8 Å². The predicted molar refractivity (Wildman–Crippen MR) is 85.7 cm³/mol. The Balaban J connectivity index is 2.30. The lowest BCUT2D eigenvalue weighted by atomic mass is 9.76. The average molecular weight is 287 g/mol. The molecule has 0 atom stereocenters. The van der Waals surface area contributed by atoms with Gasteiger partial charge in [0.1, 0.15) is 0 Å². The zero-order chi connectivity index (χ0) is 15.8. The molecule has 1 aromatic rings. The molecule has 1 N–H and O–H groups in total. The molecule has 1 amide bonds. The molecule has 0 aliphatic carbocycles. The normalized spacial score (nSPS) is 19.4. The number of amides is 1. The van der Waals surface area contributed by atoms with Crippen LogP contribution in [0.25, 0.3) is 0 Å². The average Bonchev–Trinajstić information content (AvgIpc) is 2.60. The first-order valence-corrected chi connectivity index (χ1v) is 7.06. The molecule has 0 bridgehead atoms. The van der Waals surface area contributed by atoms with Gasteiger partial charge in [-0.25, -0.2) is 0 Å². The summed E-state index contributed by atoms with van der Waals surface area (Å²) in [7, 11) is -0.435. The fourth-order valence-electron chi connectivity index (χ4n) is 2.14. The van der Waals surface area contributed by atoms with Crippen molar-refractivity contribution in [3.63, 3.8) is 0 Å². The van der Waals surface area contributed by atoms with E-state index in [4.69, 9.17) is 9.31 Å². The van der Waals surface area contributed by atoms with E-state index in [0.717, 1.165) is 11.0 Å². The van der Waals surface area contributed by atoms with E-state index in [1.165, 1.54) is 6.08 Å². The minimum absolute atomic E-state index is 0.237. The number of carbonyl (C=O) groups excluding carboxylic acids is 1. The first kappa shape index (κ1) is 15.8. The maximum atomic E-state index is 11.4. The molecule has 0 spiro atoms. The zero-order valence-corrected chi connectivity index (χ0v) is 13.3. The SMILES string of the molecule is C=CC(=O)Nc1ccc(C)c(B2OC(C)(C)C(C)(C)O2)c1. The third-order valence-electron chi connectivity index (χ3n) is 4.24. The van der Waals surface area contributed by atoms with Crippen LogP contribution in [0.3, 0.4) is 0 Å². The Hall–Kier alpha value is -1.59. The van der Waals surface area contributed by atoms with Crippen molar-refractivity contribution in [2.45, 2.75) is 45.8 Å². The second-order valence-corrected chi connectivity index (χ2v) is 6.35. The van der Waals surface area contributed by atoms with E-state index in [0.29, 0.717) is 5.69 Å². The lowest BCUT2D eigenvalue weighted by Gasteiger charge is -2.32. The molecule has 1 aromatic carbocycles. The van der Waals surface area contributed by atoms with Gasteiger partial charge in [0.15, 0.2) is 0 Å². The third-order valence-corrected chi connectivity index (χ3v) is 4.24. The monoisotopic (exact) mass is 287 g/mol. The quantitative estimate of drug-likeness (QED) is 0.686. The number of benzene rings is 1. The molecule has 1 saturated heterocycles. The number of rotatable bonds is 3. The van der Waals surface area contributed by atoms with E-state index in [-0.39, 0.29) is 17.1 Å². The van der Waals surface area contributed by atoms with Crippen LogP contribution in [0.2, 0.25) is 0 Å². The smallest absolute Gasteiger partial charge is 0.399 e. The molecule has 21 heavy (non-hydrogen) atoms. The molecule has 0 saturated carbocycles. The molecule has 4 nitrogen and oxygen atoms in total. The van der Waals surface area contributed by atoms with Crippen molar-refractivity contribution < 1.29 is 14.1 Å². The summed E-state index contributed by atoms with van der Waals surface area (Å²) in [5.74, 6) is -0.237. The summed E-state index contributed by atoms with van der Waals surface area (Å²) < 4.78 is 12.1. The largest absolute Gasteiger partial charge is 0.495 e. The molecular formula is C16H22BNO3. The highest BCUT2D eigenvalue weighted by molar-refractivity contribution is 6.62. The molecule has 112 valence electrons. The lowest BCUT2D eigenvalue weighted by molar-refractivity contribution is -0.111. The van der Waals surface area contributed by atoms with Gasteiger partial charge in [0, 0.05) is 5.69 Å². The maximum absolute atomic E-state index is 11.4. The van der Waals surface area contributed by atoms with Gasteiger partial charge in [-0.2, -0.15) is 0 Å². The van der Waals surface area contributed by atoms with E-state index >= 15 is 0 Å². The Morgan fingerprint density at radius 2 is 1.81 bits per heavy atom. The standard InChI is InChI=1S/C16H22BNO3/c1-7-14(19)18-12-9-8-11(2)13(10-12)17-20-15(3,4)16(5,6)21-17/h7-10H,1H2,2-6H3,(H,18,19). The Labute approximate surface area is 126 Å². The van der Waals surface area contributed by atoms with Crippen LogP contribution in [0.15, 0.2) is 30.9 Å². The summed E-state index contributed by atoms with van der Waals surface area (Å²) in [4.78, 5) is 11.4. The van der Waals surface area contributed by atoms with Crippen LogP contribution in [0, 0.1) is 6.92 Å². The number of anilines is 1. The Morgan fingerprint density at radius 3 is 2.33 bits per heavy atom. The third kappa shape index (κ3) is 3.04. The van der Waals surface area contributed by atoms with Gasteiger partial charge in [0.25, 0.3) is 0 Å². The molecule has 0 radical (unpaired) electrons. The van der Waals surface area contributed by atoms with Crippen LogP contribution in [0.5, 0.6) is 0 Å². The van der Waals surface area contributed by atoms with Crippen LogP contribution >= 0.6 is 0 Å². The van der Waals surface area contributed by atoms with E-state index in [2.05, 4.69) is 11.9 Å². The fraction of sp³-hybridized carbons (Fsp3) is 0.438. The van der Waals surface area contributed by atoms with Crippen molar-refractivity contribution in [3.8, 4) is 0 Å². The van der Waals surface area contributed by atoms with Crippen molar-refractivity contribution in [2.75, 3.05) is 5.32 Å². The number of nitrogens with one attached hydrogen (secondary N) is 1. The number of hydrogen-bond acceptors (Lipinski definition) is 3. The molecule has 1 heterocycles. The second-order valence-electron chi connectivity index (χ2n) is 6.35. The first-order chi connectivity index (χ1) is 9.66. The summed E-state index contributed by atoms with van der Waals surface area (Å²) >= 11 is 0. The summed E-state index contributed by atoms with van der Waals surface area (Å²) in [5.41, 5.74) is 1.92. The van der Waals surface area contributed by atoms with E-state index in [9.17, 15) is 4.79 Å². The van der Waals surface area contributed by atoms with Gasteiger partial charge in [-0.15, -0.1) is 0 Å². The predicted octanol–water partition coefficient (Wildman–Crippen LogP) is 2.42. The topological polar surface area (TPSA) is 47.6 Å². The van der Waals surface area contributed by atoms with Gasteiger partial charge < -0.3 is 14.6 Å². The van der Waals surface area contributed by atoms with Crippen molar-refractivity contribution >= 4 is 24.2 Å². The maximum Gasteiger partial charge on any atom is 0.495 e. The van der Waals surface area contributed by atoms with Crippen molar-refractivity contribution in [3.05, 3.63) is 36.4 Å². The Morgan fingerprint density at radius 1 is 1.24 bits per heavy atom. The molecule has 1 aliphatic heterocycles. The molecule has 1 aliphatic rings. The Kier molecular flexibility index (Phi) is 4.00. The van der Waals surface area contributed by atoms with Gasteiger partial charge >= 0.3 is 7.12 Å². The molecule has 1 fully saturated rings. The van der Waals surface area contributed by atoms with Gasteiger partial charge in [-0.1, -0.05) is 18.2 Å². The molecule has 5 heteroatoms. The lowest BCUT2D eigenvalue weighted by Crippen LogP contribution is -2.41. The summed E-state index contributed by atoms with van der Waals surface area (Å²) in [6, 6.07) is 5.68. The van der Waals surface area contributed by atoms with Crippen LogP contribution in [0.1, 0.15) is 33.3 Å². The second kappa shape index (κ2) is 5.32. The highest BCUT2D eigenvalue weighted by atomic mass is 16.7. The summed E-state index contributed by atoms with van der Waals surface area (Å²) in [6.45, 7) is 13.5. The number of carbonyl (C=O) groups is 1. The van der Waals surface area contributed by atoms with Crippen molar-refractivity contribution in [1.82, 2.24) is 0 Å². The van der Waals surface area contributed by atoms with Gasteiger partial charge in [0.2, 0.25) is 5.91 Å². The first-order valence-electron chi connectivity index (χ1n) is 7.06. The zero-order valence-electron chi connectivity index (χ0n) is 13.3. The fourth-order valence-corrected chi connectivity index (χ4v) is 2.14. The number of aryl methyl sites for hydroxylation is 1. The minimum atomic E-state index is -0.435. The highest BCUT2D eigenvalue weighted by Crippen LogP contribution is 2.36. The van der Waals surface area contributed by atoms with Crippen LogP contribution in [0.4, 0.5) is 5.69 Å². The van der Waals surface area contributed by atoms with Crippen LogP contribution in [-0.4, -0.2) is 24.2 Å². The molecule has 0 aromatic heterocycles. The molecule has 0 unspecified atom stereocenters. The van der Waals surface area contributed by atoms with Gasteiger partial charge in [-0.05, 0) is 58.3 Å². The number of hydrogen-bond donors (Lipinski definition) is 1. The van der Waals surface area contributed by atoms with Crippen molar-refractivity contribution in [2.24, 2.45) is 0 Å². The molecular weight excluding hydrogens is 265 g/mol. The Bertz CT molecular complexity index is 565.